The molecule has 184 valence electrons. The van der Waals surface area contributed by atoms with Crippen molar-refractivity contribution in [1.29, 1.82) is 0 Å². The molecule has 2 heterocycles. The van der Waals surface area contributed by atoms with Crippen LogP contribution >= 0.6 is 11.6 Å². The molecule has 0 aliphatic carbocycles. The Balaban J connectivity index is 1.42. The van der Waals surface area contributed by atoms with Crippen molar-refractivity contribution < 1.29 is 13.2 Å². The molecule has 2 unspecified atom stereocenters. The van der Waals surface area contributed by atoms with E-state index in [1.807, 2.05) is 24.3 Å². The molecule has 0 amide bonds. The lowest BCUT2D eigenvalue weighted by Gasteiger charge is -2.30. The highest BCUT2D eigenvalue weighted by molar-refractivity contribution is 7.89. The lowest BCUT2D eigenvalue weighted by Crippen LogP contribution is -2.39. The molecule has 0 aromatic heterocycles. The Labute approximate surface area is 208 Å². The third kappa shape index (κ3) is 5.89. The van der Waals surface area contributed by atoms with E-state index in [4.69, 9.17) is 11.6 Å². The fourth-order valence-electron chi connectivity index (χ4n) is 5.00. The standard InChI is InChI=1S/C26H34ClN3O3S/c1-20-8-7-15-30(19-20)34(32,33)22-10-6-9-21(16-22)26(31)18-28-17-25(29-13-4-5-14-29)23-11-2-3-12-24(23)27/h2-3,6,9-12,16,20,25,28H,4-5,7-8,13-15,17-19H2,1H3. The summed E-state index contributed by atoms with van der Waals surface area (Å²) in [6, 6.07) is 14.4. The van der Waals surface area contributed by atoms with Crippen LogP contribution in [0.1, 0.15) is 54.6 Å². The number of likely N-dealkylation sites (tertiary alicyclic amines) is 1. The van der Waals surface area contributed by atoms with Gasteiger partial charge in [-0.15, -0.1) is 0 Å². The van der Waals surface area contributed by atoms with Crippen molar-refractivity contribution in [2.75, 3.05) is 39.3 Å². The zero-order chi connectivity index (χ0) is 24.1. The van der Waals surface area contributed by atoms with Gasteiger partial charge in [-0.25, -0.2) is 8.42 Å². The Morgan fingerprint density at radius 1 is 1.09 bits per heavy atom. The Morgan fingerprint density at radius 3 is 2.59 bits per heavy atom. The zero-order valence-corrected chi connectivity index (χ0v) is 21.3. The van der Waals surface area contributed by atoms with Gasteiger partial charge in [0.2, 0.25) is 10.0 Å². The zero-order valence-electron chi connectivity index (χ0n) is 19.7. The molecule has 6 nitrogen and oxygen atoms in total. The second kappa shape index (κ2) is 11.3. The molecule has 0 saturated carbocycles. The average Bonchev–Trinajstić information content (AvgIpc) is 3.37. The number of Topliss-reactive ketones (excluding diaryl/α,β-unsaturated/α-hetero) is 1. The number of carbonyl (C=O) groups excluding carboxylic acids is 1. The number of halogens is 1. The number of hydrogen-bond donors (Lipinski definition) is 1. The number of hydrogen-bond acceptors (Lipinski definition) is 5. The monoisotopic (exact) mass is 503 g/mol. The van der Waals surface area contributed by atoms with Crippen LogP contribution in [0.5, 0.6) is 0 Å². The van der Waals surface area contributed by atoms with Crippen molar-refractivity contribution in [2.24, 2.45) is 5.92 Å². The normalized spacial score (nSPS) is 20.9. The van der Waals surface area contributed by atoms with Crippen LogP contribution in [0.2, 0.25) is 5.02 Å². The Kier molecular flexibility index (Phi) is 8.43. The fraction of sp³-hybridized carbons (Fsp3) is 0.500. The summed E-state index contributed by atoms with van der Waals surface area (Å²) in [5, 5.41) is 4.04. The van der Waals surface area contributed by atoms with E-state index in [1.54, 1.807) is 22.5 Å². The van der Waals surface area contributed by atoms with Crippen LogP contribution < -0.4 is 5.32 Å². The average molecular weight is 504 g/mol. The van der Waals surface area contributed by atoms with Gasteiger partial charge in [0.25, 0.3) is 0 Å². The molecule has 0 radical (unpaired) electrons. The first-order valence-electron chi connectivity index (χ1n) is 12.2. The number of sulfonamides is 1. The van der Waals surface area contributed by atoms with E-state index in [9.17, 15) is 13.2 Å². The largest absolute Gasteiger partial charge is 0.308 e. The van der Waals surface area contributed by atoms with E-state index in [1.165, 1.54) is 6.07 Å². The van der Waals surface area contributed by atoms with E-state index < -0.39 is 10.0 Å². The van der Waals surface area contributed by atoms with Crippen LogP contribution in [0.25, 0.3) is 0 Å². The molecule has 2 saturated heterocycles. The maximum absolute atomic E-state index is 13.1. The molecular formula is C26H34ClN3O3S. The topological polar surface area (TPSA) is 69.7 Å². The SMILES string of the molecule is CC1CCCN(S(=O)(=O)c2cccc(C(=O)CNCC(c3ccccc3Cl)N3CCCC3)c2)C1. The summed E-state index contributed by atoms with van der Waals surface area (Å²) in [7, 11) is -3.60. The van der Waals surface area contributed by atoms with Crippen LogP contribution in [0.4, 0.5) is 0 Å². The summed E-state index contributed by atoms with van der Waals surface area (Å²) in [5.41, 5.74) is 1.48. The van der Waals surface area contributed by atoms with Crippen LogP contribution in [0.15, 0.2) is 53.4 Å². The molecule has 2 aromatic carbocycles. The molecule has 1 N–H and O–H groups in total. The maximum atomic E-state index is 13.1. The maximum Gasteiger partial charge on any atom is 0.243 e. The van der Waals surface area contributed by atoms with Gasteiger partial charge in [-0.1, -0.05) is 48.9 Å². The van der Waals surface area contributed by atoms with E-state index in [2.05, 4.69) is 17.1 Å². The van der Waals surface area contributed by atoms with Crippen LogP contribution in [-0.4, -0.2) is 62.7 Å². The van der Waals surface area contributed by atoms with E-state index >= 15 is 0 Å². The van der Waals surface area contributed by atoms with Crippen molar-refractivity contribution in [3.05, 3.63) is 64.7 Å². The van der Waals surface area contributed by atoms with Crippen LogP contribution in [-0.2, 0) is 10.0 Å². The quantitative estimate of drug-likeness (QED) is 0.514. The van der Waals surface area contributed by atoms with Gasteiger partial charge in [0.1, 0.15) is 0 Å². The highest BCUT2D eigenvalue weighted by Crippen LogP contribution is 2.30. The molecule has 0 spiro atoms. The molecule has 2 fully saturated rings. The van der Waals surface area contributed by atoms with Gasteiger partial charge in [0, 0.05) is 36.3 Å². The van der Waals surface area contributed by atoms with Crippen LogP contribution in [0.3, 0.4) is 0 Å². The smallest absolute Gasteiger partial charge is 0.243 e. The first-order valence-corrected chi connectivity index (χ1v) is 14.0. The first-order chi connectivity index (χ1) is 16.4. The summed E-state index contributed by atoms with van der Waals surface area (Å²) in [5.74, 6) is 0.225. The number of nitrogens with one attached hydrogen (secondary N) is 1. The molecule has 2 aliphatic heterocycles. The van der Waals surface area contributed by atoms with Gasteiger partial charge in [-0.05, 0) is 68.5 Å². The lowest BCUT2D eigenvalue weighted by molar-refractivity contribution is 0.0987. The van der Waals surface area contributed by atoms with E-state index in [-0.39, 0.29) is 23.3 Å². The number of rotatable bonds is 9. The minimum atomic E-state index is -3.60. The fourth-order valence-corrected chi connectivity index (χ4v) is 6.91. The predicted octanol–water partition coefficient (Wildman–Crippen LogP) is 4.37. The van der Waals surface area contributed by atoms with Crippen LogP contribution in [0, 0.1) is 5.92 Å². The number of piperidine rings is 1. The Bertz CT molecular complexity index is 1100. The highest BCUT2D eigenvalue weighted by Gasteiger charge is 2.29. The van der Waals surface area contributed by atoms with Crippen molar-refractivity contribution in [3.8, 4) is 0 Å². The number of ketones is 1. The lowest BCUT2D eigenvalue weighted by atomic mass is 10.0. The summed E-state index contributed by atoms with van der Waals surface area (Å²) >= 11 is 6.49. The van der Waals surface area contributed by atoms with Crippen molar-refractivity contribution in [1.82, 2.24) is 14.5 Å². The second-order valence-corrected chi connectivity index (χ2v) is 11.8. The molecule has 8 heteroatoms. The molecular weight excluding hydrogens is 470 g/mol. The number of carbonyl (C=O) groups is 1. The molecule has 0 bridgehead atoms. The van der Waals surface area contributed by atoms with Gasteiger partial charge < -0.3 is 5.32 Å². The highest BCUT2D eigenvalue weighted by atomic mass is 35.5. The summed E-state index contributed by atoms with van der Waals surface area (Å²) < 4.78 is 27.8. The predicted molar refractivity (Wildman–Crippen MR) is 136 cm³/mol. The van der Waals surface area contributed by atoms with Crippen molar-refractivity contribution in [2.45, 2.75) is 43.5 Å². The number of nitrogens with zero attached hydrogens (tertiary/aromatic N) is 2. The molecule has 2 aromatic rings. The van der Waals surface area contributed by atoms with E-state index in [0.29, 0.717) is 31.1 Å². The molecule has 2 aliphatic rings. The van der Waals surface area contributed by atoms with Gasteiger partial charge in [-0.3, -0.25) is 9.69 Å². The number of benzene rings is 2. The summed E-state index contributed by atoms with van der Waals surface area (Å²) in [6.45, 7) is 5.90. The minimum absolute atomic E-state index is 0.0943. The second-order valence-electron chi connectivity index (χ2n) is 9.47. The van der Waals surface area contributed by atoms with Gasteiger partial charge >= 0.3 is 0 Å². The first kappa shape index (κ1) is 25.3. The van der Waals surface area contributed by atoms with E-state index in [0.717, 1.165) is 49.4 Å². The molecule has 34 heavy (non-hydrogen) atoms. The summed E-state index contributed by atoms with van der Waals surface area (Å²) in [4.78, 5) is 15.5. The van der Waals surface area contributed by atoms with Crippen molar-refractivity contribution >= 4 is 27.4 Å². The minimum Gasteiger partial charge on any atom is -0.308 e. The third-order valence-electron chi connectivity index (χ3n) is 6.88. The van der Waals surface area contributed by atoms with Gasteiger partial charge in [0.05, 0.1) is 11.4 Å². The molecule has 4 rings (SSSR count). The molecule has 2 atom stereocenters. The third-order valence-corrected chi connectivity index (χ3v) is 9.09. The van der Waals surface area contributed by atoms with Crippen molar-refractivity contribution in [3.63, 3.8) is 0 Å². The summed E-state index contributed by atoms with van der Waals surface area (Å²) in [6.07, 6.45) is 4.24. The van der Waals surface area contributed by atoms with Gasteiger partial charge in [-0.2, -0.15) is 4.31 Å². The Morgan fingerprint density at radius 2 is 1.85 bits per heavy atom. The van der Waals surface area contributed by atoms with Gasteiger partial charge in [0.15, 0.2) is 5.78 Å². The Hall–Kier alpha value is -1.77.